The van der Waals surface area contributed by atoms with Crippen LogP contribution in [-0.4, -0.2) is 49.8 Å². The molecule has 0 aliphatic carbocycles. The fourth-order valence-electron chi connectivity index (χ4n) is 2.74. The number of carbonyl (C=O) groups is 2. The Hall–Kier alpha value is -1.14. The summed E-state index contributed by atoms with van der Waals surface area (Å²) in [7, 11) is 1.60. The summed E-state index contributed by atoms with van der Waals surface area (Å²) in [4.78, 5) is 23.4. The number of piperidine rings is 1. The standard InChI is InChI=1S/C14H26N2O4/c1-3-4-11(9-12(17)18)16-13(19)14(10-20-2)5-7-15-8-6-14/h11,15H,3-10H2,1-2H3,(H,16,19)(H,17,18). The van der Waals surface area contributed by atoms with Crippen LogP contribution < -0.4 is 10.6 Å². The normalized spacial score (nSPS) is 19.3. The summed E-state index contributed by atoms with van der Waals surface area (Å²) >= 11 is 0. The molecule has 6 nitrogen and oxygen atoms in total. The molecule has 1 aliphatic heterocycles. The van der Waals surface area contributed by atoms with Gasteiger partial charge in [0, 0.05) is 13.2 Å². The van der Waals surface area contributed by atoms with Gasteiger partial charge < -0.3 is 20.5 Å². The third-order valence-corrected chi connectivity index (χ3v) is 3.86. The van der Waals surface area contributed by atoms with E-state index in [0.717, 1.165) is 32.4 Å². The second-order valence-electron chi connectivity index (χ2n) is 5.52. The summed E-state index contributed by atoms with van der Waals surface area (Å²) in [6, 6.07) is -0.298. The van der Waals surface area contributed by atoms with Crippen LogP contribution in [0.4, 0.5) is 0 Å². The van der Waals surface area contributed by atoms with E-state index in [2.05, 4.69) is 10.6 Å². The van der Waals surface area contributed by atoms with Crippen LogP contribution in [0.25, 0.3) is 0 Å². The van der Waals surface area contributed by atoms with E-state index in [9.17, 15) is 9.59 Å². The highest BCUT2D eigenvalue weighted by Crippen LogP contribution is 2.29. The zero-order valence-corrected chi connectivity index (χ0v) is 12.4. The predicted octanol–water partition coefficient (Wildman–Crippen LogP) is 0.762. The van der Waals surface area contributed by atoms with Crippen molar-refractivity contribution >= 4 is 11.9 Å². The molecule has 1 rings (SSSR count). The molecule has 1 aliphatic rings. The monoisotopic (exact) mass is 286 g/mol. The van der Waals surface area contributed by atoms with E-state index in [1.807, 2.05) is 6.92 Å². The second-order valence-corrected chi connectivity index (χ2v) is 5.52. The Morgan fingerprint density at radius 1 is 1.40 bits per heavy atom. The maximum atomic E-state index is 12.6. The van der Waals surface area contributed by atoms with Gasteiger partial charge in [-0.3, -0.25) is 9.59 Å². The smallest absolute Gasteiger partial charge is 0.305 e. The van der Waals surface area contributed by atoms with Crippen LogP contribution in [0.1, 0.15) is 39.0 Å². The minimum absolute atomic E-state index is 0.0269. The number of ether oxygens (including phenoxy) is 1. The number of amides is 1. The first-order valence-corrected chi connectivity index (χ1v) is 7.26. The van der Waals surface area contributed by atoms with E-state index >= 15 is 0 Å². The van der Waals surface area contributed by atoms with Gasteiger partial charge in [0.1, 0.15) is 0 Å². The highest BCUT2D eigenvalue weighted by Gasteiger charge is 2.40. The first-order valence-electron chi connectivity index (χ1n) is 7.26. The third kappa shape index (κ3) is 4.76. The molecule has 1 atom stereocenters. The summed E-state index contributed by atoms with van der Waals surface area (Å²) in [5.41, 5.74) is -0.523. The summed E-state index contributed by atoms with van der Waals surface area (Å²) in [6.07, 6.45) is 2.94. The molecular weight excluding hydrogens is 260 g/mol. The number of rotatable bonds is 8. The number of carboxylic acid groups (broad SMARTS) is 1. The Kier molecular flexibility index (Phi) is 6.95. The van der Waals surface area contributed by atoms with E-state index in [4.69, 9.17) is 9.84 Å². The van der Waals surface area contributed by atoms with Crippen molar-refractivity contribution in [1.82, 2.24) is 10.6 Å². The average Bonchev–Trinajstić information content (AvgIpc) is 2.39. The molecule has 0 saturated carbocycles. The van der Waals surface area contributed by atoms with Gasteiger partial charge in [0.05, 0.1) is 18.4 Å². The van der Waals surface area contributed by atoms with Crippen LogP contribution in [-0.2, 0) is 14.3 Å². The average molecular weight is 286 g/mol. The number of carboxylic acids is 1. The second kappa shape index (κ2) is 8.21. The predicted molar refractivity (Wildman–Crippen MR) is 75.5 cm³/mol. The Bertz CT molecular complexity index is 322. The molecule has 1 saturated heterocycles. The van der Waals surface area contributed by atoms with Crippen molar-refractivity contribution in [3.63, 3.8) is 0 Å². The number of hydrogen-bond donors (Lipinski definition) is 3. The lowest BCUT2D eigenvalue weighted by Crippen LogP contribution is -2.52. The van der Waals surface area contributed by atoms with Crippen molar-refractivity contribution in [2.45, 2.75) is 45.1 Å². The molecule has 0 bridgehead atoms. The minimum atomic E-state index is -0.880. The lowest BCUT2D eigenvalue weighted by Gasteiger charge is -2.36. The molecule has 6 heteroatoms. The highest BCUT2D eigenvalue weighted by atomic mass is 16.5. The molecule has 1 fully saturated rings. The molecule has 0 aromatic heterocycles. The van der Waals surface area contributed by atoms with Crippen molar-refractivity contribution in [3.05, 3.63) is 0 Å². The van der Waals surface area contributed by atoms with Crippen LogP contribution in [0.15, 0.2) is 0 Å². The molecule has 1 heterocycles. The van der Waals surface area contributed by atoms with Crippen LogP contribution in [0, 0.1) is 5.41 Å². The molecule has 1 amide bonds. The van der Waals surface area contributed by atoms with Crippen molar-refractivity contribution < 1.29 is 19.4 Å². The topological polar surface area (TPSA) is 87.7 Å². The Morgan fingerprint density at radius 3 is 2.55 bits per heavy atom. The Morgan fingerprint density at radius 2 is 2.05 bits per heavy atom. The van der Waals surface area contributed by atoms with E-state index in [1.54, 1.807) is 7.11 Å². The fourth-order valence-corrected chi connectivity index (χ4v) is 2.74. The number of methoxy groups -OCH3 is 1. The molecule has 0 radical (unpaired) electrons. The largest absolute Gasteiger partial charge is 0.481 e. The number of carbonyl (C=O) groups excluding carboxylic acids is 1. The van der Waals surface area contributed by atoms with Gasteiger partial charge in [-0.1, -0.05) is 13.3 Å². The maximum Gasteiger partial charge on any atom is 0.305 e. The summed E-state index contributed by atoms with van der Waals surface area (Å²) < 4.78 is 5.22. The minimum Gasteiger partial charge on any atom is -0.481 e. The van der Waals surface area contributed by atoms with E-state index < -0.39 is 11.4 Å². The molecule has 116 valence electrons. The number of nitrogens with one attached hydrogen (secondary N) is 2. The van der Waals surface area contributed by atoms with Crippen molar-refractivity contribution in [2.24, 2.45) is 5.41 Å². The molecule has 20 heavy (non-hydrogen) atoms. The Labute approximate surface area is 120 Å². The fraction of sp³-hybridized carbons (Fsp3) is 0.857. The van der Waals surface area contributed by atoms with Gasteiger partial charge in [-0.25, -0.2) is 0 Å². The maximum absolute atomic E-state index is 12.6. The number of aliphatic carboxylic acids is 1. The van der Waals surface area contributed by atoms with Crippen LogP contribution >= 0.6 is 0 Å². The van der Waals surface area contributed by atoms with E-state index in [1.165, 1.54) is 0 Å². The summed E-state index contributed by atoms with van der Waals surface area (Å²) in [6.45, 7) is 3.94. The van der Waals surface area contributed by atoms with E-state index in [0.29, 0.717) is 13.0 Å². The molecular formula is C14H26N2O4. The molecule has 0 spiro atoms. The molecule has 1 unspecified atom stereocenters. The van der Waals surface area contributed by atoms with Gasteiger partial charge in [-0.15, -0.1) is 0 Å². The molecule has 3 N–H and O–H groups in total. The third-order valence-electron chi connectivity index (χ3n) is 3.86. The van der Waals surface area contributed by atoms with Gasteiger partial charge in [-0.2, -0.15) is 0 Å². The van der Waals surface area contributed by atoms with Crippen LogP contribution in [0.2, 0.25) is 0 Å². The Balaban J connectivity index is 2.69. The number of hydrogen-bond acceptors (Lipinski definition) is 4. The van der Waals surface area contributed by atoms with Crippen LogP contribution in [0.5, 0.6) is 0 Å². The highest BCUT2D eigenvalue weighted by molar-refractivity contribution is 5.83. The van der Waals surface area contributed by atoms with Gasteiger partial charge in [-0.05, 0) is 32.4 Å². The SMILES string of the molecule is CCCC(CC(=O)O)NC(=O)C1(COC)CCNCC1. The van der Waals surface area contributed by atoms with Crippen molar-refractivity contribution in [3.8, 4) is 0 Å². The zero-order chi connectivity index (χ0) is 15.0. The van der Waals surface area contributed by atoms with Gasteiger partial charge in [0.15, 0.2) is 0 Å². The summed E-state index contributed by atoms with van der Waals surface area (Å²) in [5.74, 6) is -0.949. The quantitative estimate of drug-likeness (QED) is 0.613. The molecule has 0 aromatic rings. The zero-order valence-electron chi connectivity index (χ0n) is 12.4. The first-order chi connectivity index (χ1) is 9.54. The summed E-state index contributed by atoms with van der Waals surface area (Å²) in [5, 5.41) is 15.1. The molecule has 0 aromatic carbocycles. The van der Waals surface area contributed by atoms with E-state index in [-0.39, 0.29) is 18.4 Å². The van der Waals surface area contributed by atoms with Crippen molar-refractivity contribution in [2.75, 3.05) is 26.8 Å². The van der Waals surface area contributed by atoms with Crippen LogP contribution in [0.3, 0.4) is 0 Å². The lowest BCUT2D eigenvalue weighted by atomic mass is 9.78. The van der Waals surface area contributed by atoms with Gasteiger partial charge in [0.2, 0.25) is 5.91 Å². The van der Waals surface area contributed by atoms with Gasteiger partial charge in [0.25, 0.3) is 0 Å². The lowest BCUT2D eigenvalue weighted by molar-refractivity contribution is -0.139. The van der Waals surface area contributed by atoms with Crippen molar-refractivity contribution in [1.29, 1.82) is 0 Å². The first kappa shape index (κ1) is 16.9. The van der Waals surface area contributed by atoms with Gasteiger partial charge >= 0.3 is 5.97 Å².